The monoisotopic (exact) mass is 318 g/mol. The average molecular weight is 318 g/mol. The molecule has 0 aliphatic rings. The predicted octanol–water partition coefficient (Wildman–Crippen LogP) is 1.33. The summed E-state index contributed by atoms with van der Waals surface area (Å²) in [6.45, 7) is 3.45. The van der Waals surface area contributed by atoms with Gasteiger partial charge < -0.3 is 14.8 Å². The van der Waals surface area contributed by atoms with Gasteiger partial charge in [0.25, 0.3) is 0 Å². The van der Waals surface area contributed by atoms with Gasteiger partial charge in [-0.05, 0) is 25.1 Å². The number of ether oxygens (including phenoxy) is 1. The molecule has 1 amide bonds. The lowest BCUT2D eigenvalue weighted by atomic mass is 10.0. The molecule has 0 aromatic heterocycles. The van der Waals surface area contributed by atoms with E-state index >= 15 is 0 Å². The van der Waals surface area contributed by atoms with E-state index in [0.717, 1.165) is 11.8 Å². The van der Waals surface area contributed by atoms with Gasteiger partial charge in [0.2, 0.25) is 5.91 Å². The number of hydrogen-bond donors (Lipinski definition) is 1. The Morgan fingerprint density at radius 2 is 2.04 bits per heavy atom. The highest BCUT2D eigenvalue weighted by Crippen LogP contribution is 2.08. The highest BCUT2D eigenvalue weighted by molar-refractivity contribution is 5.88. The highest BCUT2D eigenvalue weighted by atomic mass is 16.5. The smallest absolute Gasteiger partial charge is 0.328 e. The van der Waals surface area contributed by atoms with Crippen molar-refractivity contribution in [1.29, 1.82) is 0 Å². The number of rotatable bonds is 10. The second-order valence-corrected chi connectivity index (χ2v) is 5.07. The molecule has 1 aromatic rings. The van der Waals surface area contributed by atoms with Crippen molar-refractivity contribution >= 4 is 24.9 Å². The molecule has 0 unspecified atom stereocenters. The third kappa shape index (κ3) is 6.42. The Balaban J connectivity index is 2.68. The van der Waals surface area contributed by atoms with Crippen molar-refractivity contribution < 1.29 is 19.1 Å². The largest absolute Gasteiger partial charge is 0.467 e. The minimum Gasteiger partial charge on any atom is -0.467 e. The lowest BCUT2D eigenvalue weighted by molar-refractivity contribution is -0.145. The van der Waals surface area contributed by atoms with E-state index in [1.165, 1.54) is 7.11 Å². The van der Waals surface area contributed by atoms with Gasteiger partial charge in [0.1, 0.15) is 18.4 Å². The fourth-order valence-corrected chi connectivity index (χ4v) is 2.14. The summed E-state index contributed by atoms with van der Waals surface area (Å²) in [5.41, 5.74) is 0.954. The molecule has 6 heteroatoms. The molecule has 0 aliphatic heterocycles. The van der Waals surface area contributed by atoms with Crippen molar-refractivity contribution in [3.05, 3.63) is 35.9 Å². The van der Waals surface area contributed by atoms with Crippen molar-refractivity contribution in [1.82, 2.24) is 5.32 Å². The molecule has 0 fully saturated rings. The number of esters is 1. The lowest BCUT2D eigenvalue weighted by Gasteiger charge is -2.19. The number of carbonyl (C=O) groups excluding carboxylic acids is 3. The van der Waals surface area contributed by atoms with Crippen LogP contribution in [0.3, 0.4) is 0 Å². The zero-order valence-electron chi connectivity index (χ0n) is 13.2. The molecule has 1 N–H and O–H groups in total. The van der Waals surface area contributed by atoms with Gasteiger partial charge in [0, 0.05) is 12.8 Å². The van der Waals surface area contributed by atoms with Crippen LogP contribution >= 0.6 is 0 Å². The van der Waals surface area contributed by atoms with Crippen LogP contribution in [-0.2, 0) is 25.5 Å². The zero-order valence-corrected chi connectivity index (χ0v) is 13.2. The molecule has 0 bridgehead atoms. The van der Waals surface area contributed by atoms with Gasteiger partial charge >= 0.3 is 5.97 Å². The second kappa shape index (κ2) is 10.3. The quantitative estimate of drug-likeness (QED) is 0.305. The van der Waals surface area contributed by atoms with Crippen LogP contribution in [0.15, 0.2) is 35.3 Å². The van der Waals surface area contributed by atoms with Gasteiger partial charge in [-0.2, -0.15) is 0 Å². The number of unbranched alkanes of at least 4 members (excludes halogenated alkanes) is 1. The fraction of sp³-hybridized carbons (Fsp3) is 0.412. The minimum atomic E-state index is -0.785. The van der Waals surface area contributed by atoms with Crippen molar-refractivity contribution in [3.63, 3.8) is 0 Å². The molecule has 0 radical (unpaired) electrons. The molecule has 0 spiro atoms. The summed E-state index contributed by atoms with van der Waals surface area (Å²) in [4.78, 5) is 38.3. The normalized spacial score (nSPS) is 12.7. The summed E-state index contributed by atoms with van der Waals surface area (Å²) >= 11 is 0. The van der Waals surface area contributed by atoms with E-state index < -0.39 is 18.1 Å². The van der Waals surface area contributed by atoms with Crippen molar-refractivity contribution in [2.24, 2.45) is 4.99 Å². The van der Waals surface area contributed by atoms with E-state index in [2.05, 4.69) is 21.8 Å². The number of nitrogens with zero attached hydrogens (tertiary/aromatic N) is 1. The summed E-state index contributed by atoms with van der Waals surface area (Å²) in [5.74, 6) is -0.919. The maximum absolute atomic E-state index is 12.3. The molecule has 1 rings (SSSR count). The summed E-state index contributed by atoms with van der Waals surface area (Å²) in [6.07, 6.45) is 2.34. The third-order valence-corrected chi connectivity index (χ3v) is 3.41. The molecule has 6 nitrogen and oxygen atoms in total. The minimum absolute atomic E-state index is 0.330. The third-order valence-electron chi connectivity index (χ3n) is 3.41. The molecule has 0 saturated heterocycles. The molecule has 0 saturated carbocycles. The van der Waals surface area contributed by atoms with Crippen molar-refractivity contribution in [2.45, 2.75) is 37.8 Å². The lowest BCUT2D eigenvalue weighted by Crippen LogP contribution is -2.46. The van der Waals surface area contributed by atoms with Crippen LogP contribution in [0.25, 0.3) is 0 Å². The van der Waals surface area contributed by atoms with Gasteiger partial charge in [-0.1, -0.05) is 30.3 Å². The number of amides is 1. The number of nitrogens with one attached hydrogen (secondary N) is 1. The van der Waals surface area contributed by atoms with Crippen LogP contribution in [0.4, 0.5) is 0 Å². The van der Waals surface area contributed by atoms with Crippen LogP contribution in [0.1, 0.15) is 24.8 Å². The summed E-state index contributed by atoms with van der Waals surface area (Å²) in [5, 5.41) is 2.63. The first kappa shape index (κ1) is 18.5. The standard InChI is InChI=1S/C17H22N2O4/c1-18-15(12-13-8-4-3-5-9-13)16(21)19-14(17(22)23-2)10-6-7-11-20/h3-5,8-9,11,14-15H,1,6-7,10,12H2,2H3,(H,19,21)/t14-,15-/m0/s1. The number of aliphatic imine (C=N–C) groups is 1. The van der Waals surface area contributed by atoms with Crippen molar-refractivity contribution in [3.8, 4) is 0 Å². The predicted molar refractivity (Wildman–Crippen MR) is 87.3 cm³/mol. The van der Waals surface area contributed by atoms with Gasteiger partial charge in [0.15, 0.2) is 0 Å². The van der Waals surface area contributed by atoms with Crippen LogP contribution < -0.4 is 5.32 Å². The molecular weight excluding hydrogens is 296 g/mol. The van der Waals surface area contributed by atoms with Gasteiger partial charge in [-0.15, -0.1) is 0 Å². The van der Waals surface area contributed by atoms with Crippen LogP contribution in [-0.4, -0.2) is 44.1 Å². The Hall–Kier alpha value is -2.50. The van der Waals surface area contributed by atoms with Crippen LogP contribution in [0, 0.1) is 0 Å². The fourth-order valence-electron chi connectivity index (χ4n) is 2.14. The van der Waals surface area contributed by atoms with Gasteiger partial charge in [0.05, 0.1) is 7.11 Å². The Labute approximate surface area is 135 Å². The van der Waals surface area contributed by atoms with Crippen molar-refractivity contribution in [2.75, 3.05) is 7.11 Å². The average Bonchev–Trinajstić information content (AvgIpc) is 2.59. The zero-order chi connectivity index (χ0) is 17.1. The first-order chi connectivity index (χ1) is 11.1. The van der Waals surface area contributed by atoms with Crippen LogP contribution in [0.5, 0.6) is 0 Å². The van der Waals surface area contributed by atoms with E-state index in [9.17, 15) is 14.4 Å². The molecular formula is C17H22N2O4. The Morgan fingerprint density at radius 1 is 1.35 bits per heavy atom. The SMILES string of the molecule is C=N[C@@H](Cc1ccccc1)C(=O)N[C@@H](CCCC=O)C(=O)OC. The number of methoxy groups -OCH3 is 1. The van der Waals surface area contributed by atoms with E-state index in [0.29, 0.717) is 25.7 Å². The molecule has 2 atom stereocenters. The Kier molecular flexibility index (Phi) is 8.28. The highest BCUT2D eigenvalue weighted by Gasteiger charge is 2.25. The van der Waals surface area contributed by atoms with Gasteiger partial charge in [-0.25, -0.2) is 4.79 Å². The first-order valence-electron chi connectivity index (χ1n) is 7.44. The van der Waals surface area contributed by atoms with Gasteiger partial charge in [-0.3, -0.25) is 9.79 Å². The molecule has 23 heavy (non-hydrogen) atoms. The molecule has 124 valence electrons. The molecule has 0 aliphatic carbocycles. The van der Waals surface area contributed by atoms with E-state index in [1.807, 2.05) is 30.3 Å². The maximum Gasteiger partial charge on any atom is 0.328 e. The first-order valence-corrected chi connectivity index (χ1v) is 7.44. The maximum atomic E-state index is 12.3. The second-order valence-electron chi connectivity index (χ2n) is 5.07. The van der Waals surface area contributed by atoms with Crippen LogP contribution in [0.2, 0.25) is 0 Å². The number of benzene rings is 1. The molecule has 0 heterocycles. The van der Waals surface area contributed by atoms with E-state index in [-0.39, 0.29) is 5.91 Å². The Morgan fingerprint density at radius 3 is 2.61 bits per heavy atom. The number of hydrogen-bond acceptors (Lipinski definition) is 5. The number of aldehydes is 1. The van der Waals surface area contributed by atoms with E-state index in [4.69, 9.17) is 0 Å². The topological polar surface area (TPSA) is 84.8 Å². The summed E-state index contributed by atoms with van der Waals surface area (Å²) < 4.78 is 4.69. The number of carbonyl (C=O) groups is 3. The Bertz CT molecular complexity index is 531. The summed E-state index contributed by atoms with van der Waals surface area (Å²) in [6, 6.07) is 7.97. The molecule has 1 aromatic carbocycles. The van der Waals surface area contributed by atoms with E-state index in [1.54, 1.807) is 0 Å². The summed E-state index contributed by atoms with van der Waals surface area (Å²) in [7, 11) is 1.26.